The SMILES string of the molecule is c1ccc2c3c(ccc2c1)OC1(CCCCC1)OC3. The topological polar surface area (TPSA) is 18.5 Å². The van der Waals surface area contributed by atoms with Crippen LogP contribution in [0.3, 0.4) is 0 Å². The quantitative estimate of drug-likeness (QED) is 0.693. The smallest absolute Gasteiger partial charge is 0.210 e. The van der Waals surface area contributed by atoms with Crippen molar-refractivity contribution in [1.82, 2.24) is 0 Å². The van der Waals surface area contributed by atoms with E-state index in [1.807, 2.05) is 0 Å². The molecule has 19 heavy (non-hydrogen) atoms. The van der Waals surface area contributed by atoms with E-state index in [9.17, 15) is 0 Å². The lowest BCUT2D eigenvalue weighted by molar-refractivity contribution is -0.221. The van der Waals surface area contributed by atoms with Crippen molar-refractivity contribution in [2.45, 2.75) is 44.5 Å². The maximum Gasteiger partial charge on any atom is 0.210 e. The summed E-state index contributed by atoms with van der Waals surface area (Å²) in [6, 6.07) is 12.7. The zero-order valence-electron chi connectivity index (χ0n) is 11.0. The van der Waals surface area contributed by atoms with Crippen molar-refractivity contribution in [2.24, 2.45) is 0 Å². The van der Waals surface area contributed by atoms with Crippen LogP contribution in [-0.2, 0) is 11.3 Å². The molecule has 2 aliphatic rings. The highest BCUT2D eigenvalue weighted by Crippen LogP contribution is 2.42. The van der Waals surface area contributed by atoms with Crippen molar-refractivity contribution in [3.63, 3.8) is 0 Å². The molecule has 1 saturated carbocycles. The molecule has 2 heteroatoms. The summed E-state index contributed by atoms with van der Waals surface area (Å²) in [7, 11) is 0. The largest absolute Gasteiger partial charge is 0.462 e. The summed E-state index contributed by atoms with van der Waals surface area (Å²) < 4.78 is 12.4. The number of benzene rings is 2. The molecule has 0 amide bonds. The Bertz CT molecular complexity index is 612. The standard InChI is InChI=1S/C17H18O2/c1-4-10-17(11-5-1)18-12-15-14-7-3-2-6-13(14)8-9-16(15)19-17/h2-3,6-9H,1,4-5,10-12H2. The maximum absolute atomic E-state index is 6.25. The molecule has 2 nitrogen and oxygen atoms in total. The third-order valence-corrected chi connectivity index (χ3v) is 4.39. The van der Waals surface area contributed by atoms with E-state index in [0.717, 1.165) is 18.6 Å². The van der Waals surface area contributed by atoms with Crippen molar-refractivity contribution >= 4 is 10.8 Å². The molecule has 0 bridgehead atoms. The average Bonchev–Trinajstić information content (AvgIpc) is 2.47. The van der Waals surface area contributed by atoms with Gasteiger partial charge in [0.1, 0.15) is 5.75 Å². The van der Waals surface area contributed by atoms with Crippen LogP contribution in [0.1, 0.15) is 37.7 Å². The summed E-state index contributed by atoms with van der Waals surface area (Å²) >= 11 is 0. The molecule has 4 rings (SSSR count). The van der Waals surface area contributed by atoms with E-state index < -0.39 is 0 Å². The first kappa shape index (κ1) is 11.3. The van der Waals surface area contributed by atoms with E-state index in [2.05, 4.69) is 36.4 Å². The molecule has 98 valence electrons. The summed E-state index contributed by atoms with van der Waals surface area (Å²) in [5, 5.41) is 2.51. The van der Waals surface area contributed by atoms with Crippen molar-refractivity contribution in [3.8, 4) is 5.75 Å². The molecule has 1 aliphatic carbocycles. The van der Waals surface area contributed by atoms with Crippen LogP contribution in [0.5, 0.6) is 5.75 Å². The molecular formula is C17H18O2. The summed E-state index contributed by atoms with van der Waals surface area (Å²) in [5.41, 5.74) is 1.20. The lowest BCUT2D eigenvalue weighted by atomic mass is 9.92. The van der Waals surface area contributed by atoms with E-state index in [0.29, 0.717) is 6.61 Å². The minimum absolute atomic E-state index is 0.340. The molecule has 1 spiro atoms. The van der Waals surface area contributed by atoms with Gasteiger partial charge in [-0.3, -0.25) is 0 Å². The second kappa shape index (κ2) is 4.24. The van der Waals surface area contributed by atoms with Gasteiger partial charge in [0, 0.05) is 18.4 Å². The summed E-state index contributed by atoms with van der Waals surface area (Å²) in [6.07, 6.45) is 5.78. The van der Waals surface area contributed by atoms with Gasteiger partial charge >= 0.3 is 0 Å². The Morgan fingerprint density at radius 2 is 1.74 bits per heavy atom. The average molecular weight is 254 g/mol. The van der Waals surface area contributed by atoms with E-state index >= 15 is 0 Å². The fourth-order valence-electron chi connectivity index (χ4n) is 3.33. The number of hydrogen-bond donors (Lipinski definition) is 0. The van der Waals surface area contributed by atoms with Crippen LogP contribution in [0.2, 0.25) is 0 Å². The van der Waals surface area contributed by atoms with Crippen LogP contribution in [0, 0.1) is 0 Å². The van der Waals surface area contributed by atoms with Crippen molar-refractivity contribution < 1.29 is 9.47 Å². The van der Waals surface area contributed by atoms with Gasteiger partial charge in [-0.15, -0.1) is 0 Å². The molecule has 0 radical (unpaired) electrons. The normalized spacial score (nSPS) is 21.1. The van der Waals surface area contributed by atoms with E-state index in [1.54, 1.807) is 0 Å². The monoisotopic (exact) mass is 254 g/mol. The predicted molar refractivity (Wildman–Crippen MR) is 75.2 cm³/mol. The van der Waals surface area contributed by atoms with Crippen molar-refractivity contribution in [1.29, 1.82) is 0 Å². The first-order chi connectivity index (χ1) is 9.36. The Morgan fingerprint density at radius 1 is 0.895 bits per heavy atom. The van der Waals surface area contributed by atoms with Gasteiger partial charge in [0.25, 0.3) is 0 Å². The molecule has 2 aromatic carbocycles. The Hall–Kier alpha value is -1.54. The highest BCUT2D eigenvalue weighted by molar-refractivity contribution is 5.87. The number of rotatable bonds is 0. The third-order valence-electron chi connectivity index (χ3n) is 4.39. The van der Waals surface area contributed by atoms with Crippen LogP contribution in [0.15, 0.2) is 36.4 Å². The second-order valence-corrected chi connectivity index (χ2v) is 5.63. The Labute approximate surface area is 113 Å². The fourth-order valence-corrected chi connectivity index (χ4v) is 3.33. The lowest BCUT2D eigenvalue weighted by Crippen LogP contribution is -2.43. The highest BCUT2D eigenvalue weighted by atomic mass is 16.7. The first-order valence-electron chi connectivity index (χ1n) is 7.20. The fraction of sp³-hybridized carbons (Fsp3) is 0.412. The molecule has 0 unspecified atom stereocenters. The highest BCUT2D eigenvalue weighted by Gasteiger charge is 2.39. The summed E-state index contributed by atoms with van der Waals surface area (Å²) in [5.74, 6) is 0.681. The summed E-state index contributed by atoms with van der Waals surface area (Å²) in [4.78, 5) is 0. The molecule has 1 fully saturated rings. The molecule has 1 aliphatic heterocycles. The first-order valence-corrected chi connectivity index (χ1v) is 7.20. The number of fused-ring (bicyclic) bond motifs is 3. The van der Waals surface area contributed by atoms with E-state index in [4.69, 9.17) is 9.47 Å². The minimum Gasteiger partial charge on any atom is -0.462 e. The molecule has 2 aromatic rings. The molecule has 0 N–H and O–H groups in total. The van der Waals surface area contributed by atoms with Gasteiger partial charge in [0.2, 0.25) is 5.79 Å². The van der Waals surface area contributed by atoms with E-state index in [1.165, 1.54) is 35.6 Å². The van der Waals surface area contributed by atoms with E-state index in [-0.39, 0.29) is 5.79 Å². The van der Waals surface area contributed by atoms with Gasteiger partial charge in [0.05, 0.1) is 6.61 Å². The molecule has 1 heterocycles. The Kier molecular flexibility index (Phi) is 2.52. The van der Waals surface area contributed by atoms with Crippen LogP contribution in [-0.4, -0.2) is 5.79 Å². The zero-order valence-corrected chi connectivity index (χ0v) is 11.0. The lowest BCUT2D eigenvalue weighted by Gasteiger charge is -2.41. The van der Waals surface area contributed by atoms with Gasteiger partial charge < -0.3 is 9.47 Å². The Morgan fingerprint density at radius 3 is 2.63 bits per heavy atom. The van der Waals surface area contributed by atoms with Gasteiger partial charge in [-0.2, -0.15) is 0 Å². The van der Waals surface area contributed by atoms with Gasteiger partial charge in [-0.1, -0.05) is 36.8 Å². The van der Waals surface area contributed by atoms with Crippen molar-refractivity contribution in [2.75, 3.05) is 0 Å². The van der Waals surface area contributed by atoms with Gasteiger partial charge in [-0.25, -0.2) is 0 Å². The van der Waals surface area contributed by atoms with Crippen LogP contribution in [0.4, 0.5) is 0 Å². The zero-order chi connectivity index (χ0) is 12.7. The molecule has 0 atom stereocenters. The third kappa shape index (κ3) is 1.82. The number of ether oxygens (including phenoxy) is 2. The number of hydrogen-bond acceptors (Lipinski definition) is 2. The van der Waals surface area contributed by atoms with Crippen LogP contribution in [0.25, 0.3) is 10.8 Å². The Balaban J connectivity index is 1.77. The predicted octanol–water partition coefficient (Wildman–Crippen LogP) is 4.41. The second-order valence-electron chi connectivity index (χ2n) is 5.63. The van der Waals surface area contributed by atoms with Gasteiger partial charge in [-0.05, 0) is 29.7 Å². The minimum atomic E-state index is -0.340. The molecule has 0 saturated heterocycles. The molecular weight excluding hydrogens is 236 g/mol. The summed E-state index contributed by atoms with van der Waals surface area (Å²) in [6.45, 7) is 0.677. The maximum atomic E-state index is 6.25. The van der Waals surface area contributed by atoms with Crippen LogP contribution < -0.4 is 4.74 Å². The van der Waals surface area contributed by atoms with Crippen LogP contribution >= 0.6 is 0 Å². The van der Waals surface area contributed by atoms with Crippen molar-refractivity contribution in [3.05, 3.63) is 42.0 Å². The molecule has 0 aromatic heterocycles. The van der Waals surface area contributed by atoms with Gasteiger partial charge in [0.15, 0.2) is 0 Å².